The Labute approximate surface area is 160 Å². The Bertz CT molecular complexity index is 542. The van der Waals surface area contributed by atoms with Gasteiger partial charge < -0.3 is 9.84 Å². The van der Waals surface area contributed by atoms with E-state index in [1.165, 1.54) is 23.8 Å². The third-order valence-electron chi connectivity index (χ3n) is 7.06. The van der Waals surface area contributed by atoms with Crippen LogP contribution in [0, 0.1) is 17.3 Å². The minimum Gasteiger partial charge on any atom is -0.389 e. The molecule has 156 valence electrons. The van der Waals surface area contributed by atoms with E-state index in [0.29, 0.717) is 50.7 Å². The lowest BCUT2D eigenvalue weighted by Crippen LogP contribution is -2.54. The standard InChI is InChI=1S/C20H33F3N2O2/c1-14(20(21,22)23)25-8-6-24(7-9-25)11-17(26)13-27-12-15-4-5-16-10-18(15)19(16,2)3/h4,14,16-18,26H,5-13H2,1-3H3/t14-,16-,17-,18+/m0/s1. The van der Waals surface area contributed by atoms with Crippen molar-refractivity contribution in [1.29, 1.82) is 0 Å². The molecule has 2 bridgehead atoms. The SMILES string of the molecule is C[C@H](N1CCN(C[C@H](O)COCC2=CC[C@H]3C[C@H]2C3(C)C)CC1)C(F)(F)F. The molecular formula is C20H33F3N2O2. The van der Waals surface area contributed by atoms with Crippen LogP contribution >= 0.6 is 0 Å². The third-order valence-corrected chi connectivity index (χ3v) is 7.06. The van der Waals surface area contributed by atoms with Gasteiger partial charge in [0.2, 0.25) is 0 Å². The number of alkyl halides is 3. The van der Waals surface area contributed by atoms with E-state index in [9.17, 15) is 18.3 Å². The van der Waals surface area contributed by atoms with Crippen LogP contribution in [0.15, 0.2) is 11.6 Å². The first-order chi connectivity index (χ1) is 12.6. The molecule has 0 radical (unpaired) electrons. The zero-order valence-electron chi connectivity index (χ0n) is 16.6. The molecule has 1 N–H and O–H groups in total. The molecule has 0 amide bonds. The number of allylic oxidation sites excluding steroid dienone is 1. The van der Waals surface area contributed by atoms with Gasteiger partial charge in [0.1, 0.15) is 6.04 Å². The summed E-state index contributed by atoms with van der Waals surface area (Å²) >= 11 is 0. The van der Waals surface area contributed by atoms with Gasteiger partial charge in [-0.15, -0.1) is 0 Å². The fourth-order valence-corrected chi connectivity index (χ4v) is 4.84. The predicted molar refractivity (Wildman–Crippen MR) is 98.4 cm³/mol. The van der Waals surface area contributed by atoms with Crippen molar-refractivity contribution in [2.75, 3.05) is 45.9 Å². The van der Waals surface area contributed by atoms with Gasteiger partial charge in [0.25, 0.3) is 0 Å². The van der Waals surface area contributed by atoms with Crippen LogP contribution in [0.2, 0.25) is 0 Å². The topological polar surface area (TPSA) is 35.9 Å². The van der Waals surface area contributed by atoms with Gasteiger partial charge in [-0.2, -0.15) is 13.2 Å². The Morgan fingerprint density at radius 2 is 1.93 bits per heavy atom. The summed E-state index contributed by atoms with van der Waals surface area (Å²) in [6, 6.07) is -1.41. The number of rotatable bonds is 7. The predicted octanol–water partition coefficient (Wildman–Crippen LogP) is 2.92. The van der Waals surface area contributed by atoms with Crippen molar-refractivity contribution in [3.05, 3.63) is 11.6 Å². The maximum atomic E-state index is 12.8. The Hall–Kier alpha value is -0.630. The van der Waals surface area contributed by atoms with E-state index in [1.807, 2.05) is 4.90 Å². The average Bonchev–Trinajstić information content (AvgIpc) is 2.61. The number of ether oxygens (including phenoxy) is 1. The number of nitrogens with zero attached hydrogens (tertiary/aromatic N) is 2. The van der Waals surface area contributed by atoms with Crippen molar-refractivity contribution in [3.8, 4) is 0 Å². The number of β-amino-alcohol motifs (C(OH)–C–C–N with tert-alkyl or cyclic N) is 1. The molecule has 7 heteroatoms. The van der Waals surface area contributed by atoms with Crippen LogP contribution in [-0.4, -0.2) is 79.2 Å². The quantitative estimate of drug-likeness (QED) is 0.678. The van der Waals surface area contributed by atoms with E-state index >= 15 is 0 Å². The van der Waals surface area contributed by atoms with Gasteiger partial charge in [0.05, 0.1) is 19.3 Å². The summed E-state index contributed by atoms with van der Waals surface area (Å²) in [4.78, 5) is 3.48. The number of hydrogen-bond donors (Lipinski definition) is 1. The highest BCUT2D eigenvalue weighted by atomic mass is 19.4. The lowest BCUT2D eigenvalue weighted by atomic mass is 9.49. The highest BCUT2D eigenvalue weighted by molar-refractivity contribution is 5.23. The molecule has 27 heavy (non-hydrogen) atoms. The van der Waals surface area contributed by atoms with Gasteiger partial charge in [-0.25, -0.2) is 0 Å². The lowest BCUT2D eigenvalue weighted by molar-refractivity contribution is -0.182. The smallest absolute Gasteiger partial charge is 0.389 e. The van der Waals surface area contributed by atoms with Crippen molar-refractivity contribution in [3.63, 3.8) is 0 Å². The first kappa shape index (κ1) is 21.1. The second-order valence-corrected chi connectivity index (χ2v) is 9.04. The second kappa shape index (κ2) is 8.01. The van der Waals surface area contributed by atoms with E-state index in [4.69, 9.17) is 4.74 Å². The molecule has 4 atom stereocenters. The van der Waals surface area contributed by atoms with Crippen LogP contribution in [0.3, 0.4) is 0 Å². The molecule has 0 aromatic heterocycles. The van der Waals surface area contributed by atoms with Crippen LogP contribution in [0.5, 0.6) is 0 Å². The Morgan fingerprint density at radius 3 is 2.48 bits per heavy atom. The first-order valence-electron chi connectivity index (χ1n) is 10.1. The number of aliphatic hydroxyl groups is 1. The second-order valence-electron chi connectivity index (χ2n) is 9.04. The van der Waals surface area contributed by atoms with Gasteiger partial charge in [0, 0.05) is 32.7 Å². The first-order valence-corrected chi connectivity index (χ1v) is 10.1. The van der Waals surface area contributed by atoms with Crippen LogP contribution in [0.25, 0.3) is 0 Å². The van der Waals surface area contributed by atoms with Crippen molar-refractivity contribution in [2.24, 2.45) is 17.3 Å². The van der Waals surface area contributed by atoms with Crippen LogP contribution in [0.1, 0.15) is 33.6 Å². The summed E-state index contributed by atoms with van der Waals surface area (Å²) in [6.45, 7) is 8.99. The number of fused-ring (bicyclic) bond motifs is 1. The molecular weight excluding hydrogens is 357 g/mol. The number of aliphatic hydroxyl groups excluding tert-OH is 1. The Balaban J connectivity index is 1.34. The largest absolute Gasteiger partial charge is 0.403 e. The summed E-state index contributed by atoms with van der Waals surface area (Å²) in [5.41, 5.74) is 1.74. The van der Waals surface area contributed by atoms with Gasteiger partial charge in [-0.3, -0.25) is 9.80 Å². The fourth-order valence-electron chi connectivity index (χ4n) is 4.84. The van der Waals surface area contributed by atoms with Gasteiger partial charge >= 0.3 is 6.18 Å². The monoisotopic (exact) mass is 390 g/mol. The van der Waals surface area contributed by atoms with Gasteiger partial charge in [-0.1, -0.05) is 19.9 Å². The molecule has 0 aromatic rings. The van der Waals surface area contributed by atoms with E-state index < -0.39 is 18.3 Å². The Kier molecular flexibility index (Phi) is 6.26. The van der Waals surface area contributed by atoms with Gasteiger partial charge in [0.15, 0.2) is 0 Å². The molecule has 2 fully saturated rings. The van der Waals surface area contributed by atoms with Crippen LogP contribution < -0.4 is 0 Å². The molecule has 1 aliphatic heterocycles. The van der Waals surface area contributed by atoms with Gasteiger partial charge in [-0.05, 0) is 42.6 Å². The molecule has 1 heterocycles. The number of piperazine rings is 1. The molecule has 3 aliphatic carbocycles. The molecule has 4 rings (SSSR count). The molecule has 4 aliphatic rings. The summed E-state index contributed by atoms with van der Waals surface area (Å²) in [7, 11) is 0. The normalized spacial score (nSPS) is 31.1. The number of halogens is 3. The number of hydrogen-bond acceptors (Lipinski definition) is 4. The summed E-state index contributed by atoms with van der Waals surface area (Å²) < 4.78 is 44.2. The van der Waals surface area contributed by atoms with Crippen LogP contribution in [0.4, 0.5) is 13.2 Å². The maximum Gasteiger partial charge on any atom is 0.403 e. The zero-order valence-corrected chi connectivity index (χ0v) is 16.6. The molecule has 1 saturated heterocycles. The highest BCUT2D eigenvalue weighted by Crippen LogP contribution is 2.59. The van der Waals surface area contributed by atoms with E-state index in [-0.39, 0.29) is 6.61 Å². The minimum atomic E-state index is -4.18. The van der Waals surface area contributed by atoms with Crippen molar-refractivity contribution in [2.45, 2.75) is 51.9 Å². The molecule has 0 spiro atoms. The summed E-state index contributed by atoms with van der Waals surface area (Å²) in [5.74, 6) is 1.41. The van der Waals surface area contributed by atoms with E-state index in [1.54, 1.807) is 0 Å². The minimum absolute atomic E-state index is 0.271. The maximum absolute atomic E-state index is 12.8. The third kappa shape index (κ3) is 4.69. The van der Waals surface area contributed by atoms with Crippen molar-refractivity contribution < 1.29 is 23.0 Å². The molecule has 4 nitrogen and oxygen atoms in total. The lowest BCUT2D eigenvalue weighted by Gasteiger charge is -2.56. The van der Waals surface area contributed by atoms with Crippen molar-refractivity contribution >= 4 is 0 Å². The zero-order chi connectivity index (χ0) is 19.8. The molecule has 0 aromatic carbocycles. The fraction of sp³-hybridized carbons (Fsp3) is 0.900. The average molecular weight is 390 g/mol. The summed E-state index contributed by atoms with van der Waals surface area (Å²) in [6.07, 6.45) is -0.102. The summed E-state index contributed by atoms with van der Waals surface area (Å²) in [5, 5.41) is 10.2. The van der Waals surface area contributed by atoms with E-state index in [2.05, 4.69) is 19.9 Å². The highest BCUT2D eigenvalue weighted by Gasteiger charge is 2.51. The Morgan fingerprint density at radius 1 is 1.26 bits per heavy atom. The van der Waals surface area contributed by atoms with Crippen molar-refractivity contribution in [1.82, 2.24) is 9.80 Å². The van der Waals surface area contributed by atoms with E-state index in [0.717, 1.165) is 12.3 Å². The molecule has 0 unspecified atom stereocenters. The molecule has 1 saturated carbocycles. The van der Waals surface area contributed by atoms with Crippen LogP contribution in [-0.2, 0) is 4.74 Å².